The van der Waals surface area contributed by atoms with Gasteiger partial charge in [-0.3, -0.25) is 19.0 Å². The van der Waals surface area contributed by atoms with Crippen LogP contribution in [0.25, 0.3) is 11.0 Å². The van der Waals surface area contributed by atoms with E-state index in [1.807, 2.05) is 0 Å². The largest absolute Gasteiger partial charge is 0.330 e. The Morgan fingerprint density at radius 1 is 1.53 bits per heavy atom. The Bertz CT molecular complexity index is 657. The molecule has 6 nitrogen and oxygen atoms in total. The van der Waals surface area contributed by atoms with Crippen LogP contribution < -0.4 is 11.2 Å². The molecule has 1 N–H and O–H groups in total. The molecule has 92 valence electrons. The highest BCUT2D eigenvalue weighted by molar-refractivity contribution is 7.84. The number of aromatic amines is 1. The van der Waals surface area contributed by atoms with E-state index in [9.17, 15) is 9.59 Å². The Kier molecular flexibility index (Phi) is 3.34. The molecule has 0 fully saturated rings. The number of hydrogen-bond acceptors (Lipinski definition) is 5. The lowest BCUT2D eigenvalue weighted by Crippen LogP contribution is -2.37. The van der Waals surface area contributed by atoms with Crippen molar-refractivity contribution in [2.45, 2.75) is 11.8 Å². The van der Waals surface area contributed by atoms with Gasteiger partial charge in [-0.05, 0) is 0 Å². The van der Waals surface area contributed by atoms with Crippen LogP contribution in [0, 0.1) is 0 Å². The first-order chi connectivity index (χ1) is 8.02. The van der Waals surface area contributed by atoms with Crippen LogP contribution in [0.4, 0.5) is 0 Å². The SMILES string of the molecule is Cn1cc2c(=O)n(CC(S)CS)c(=O)[nH]c2n1. The average molecular weight is 272 g/mol. The molecule has 2 aromatic rings. The van der Waals surface area contributed by atoms with E-state index in [4.69, 9.17) is 0 Å². The lowest BCUT2D eigenvalue weighted by atomic mass is 10.4. The molecular formula is C9H12N4O2S2. The lowest BCUT2D eigenvalue weighted by Gasteiger charge is -2.08. The monoisotopic (exact) mass is 272 g/mol. The summed E-state index contributed by atoms with van der Waals surface area (Å²) in [6.07, 6.45) is 1.58. The maximum absolute atomic E-state index is 12.0. The molecule has 0 aliphatic rings. The van der Waals surface area contributed by atoms with E-state index < -0.39 is 5.69 Å². The minimum Gasteiger partial charge on any atom is -0.290 e. The summed E-state index contributed by atoms with van der Waals surface area (Å²) in [7, 11) is 1.69. The molecule has 0 aliphatic carbocycles. The minimum absolute atomic E-state index is 0.147. The number of aromatic nitrogens is 4. The summed E-state index contributed by atoms with van der Waals surface area (Å²) in [5, 5.41) is 4.24. The molecule has 1 atom stereocenters. The van der Waals surface area contributed by atoms with E-state index in [-0.39, 0.29) is 17.4 Å². The first-order valence-corrected chi connectivity index (χ1v) is 6.13. The van der Waals surface area contributed by atoms with Gasteiger partial charge in [0, 0.05) is 30.8 Å². The van der Waals surface area contributed by atoms with E-state index in [0.29, 0.717) is 16.8 Å². The predicted octanol–water partition coefficient (Wildman–Crippen LogP) is -0.349. The fraction of sp³-hybridized carbons (Fsp3) is 0.444. The van der Waals surface area contributed by atoms with Crippen LogP contribution in [0.2, 0.25) is 0 Å². The highest BCUT2D eigenvalue weighted by atomic mass is 32.1. The third kappa shape index (κ3) is 2.27. The molecule has 0 amide bonds. The van der Waals surface area contributed by atoms with Crippen molar-refractivity contribution in [3.63, 3.8) is 0 Å². The molecule has 8 heteroatoms. The van der Waals surface area contributed by atoms with E-state index in [1.54, 1.807) is 13.2 Å². The van der Waals surface area contributed by atoms with Crippen LogP contribution in [-0.2, 0) is 13.6 Å². The quantitative estimate of drug-likeness (QED) is 0.669. The van der Waals surface area contributed by atoms with Gasteiger partial charge in [0.05, 0.1) is 0 Å². The molecule has 0 bridgehead atoms. The van der Waals surface area contributed by atoms with Crippen LogP contribution >= 0.6 is 25.3 Å². The Balaban J connectivity index is 2.63. The van der Waals surface area contributed by atoms with Crippen molar-refractivity contribution < 1.29 is 0 Å². The predicted molar refractivity (Wildman–Crippen MR) is 72.2 cm³/mol. The molecule has 2 rings (SSSR count). The van der Waals surface area contributed by atoms with Gasteiger partial charge in [-0.15, -0.1) is 0 Å². The van der Waals surface area contributed by atoms with Crippen LogP contribution in [-0.4, -0.2) is 30.3 Å². The topological polar surface area (TPSA) is 72.7 Å². The van der Waals surface area contributed by atoms with Gasteiger partial charge in [-0.2, -0.15) is 30.4 Å². The van der Waals surface area contributed by atoms with E-state index in [2.05, 4.69) is 35.3 Å². The molecule has 0 spiro atoms. The number of nitrogens with zero attached hydrogens (tertiary/aromatic N) is 3. The summed E-state index contributed by atoms with van der Waals surface area (Å²) >= 11 is 8.30. The van der Waals surface area contributed by atoms with Crippen molar-refractivity contribution >= 4 is 36.3 Å². The third-order valence-corrected chi connectivity index (χ3v) is 3.45. The fourth-order valence-corrected chi connectivity index (χ4v) is 1.86. The first kappa shape index (κ1) is 12.3. The van der Waals surface area contributed by atoms with Gasteiger partial charge in [0.1, 0.15) is 5.39 Å². The number of fused-ring (bicyclic) bond motifs is 1. The molecular weight excluding hydrogens is 260 g/mol. The van der Waals surface area contributed by atoms with Gasteiger partial charge in [0.15, 0.2) is 5.65 Å². The second-order valence-corrected chi connectivity index (χ2v) is 4.84. The maximum atomic E-state index is 12.0. The van der Waals surface area contributed by atoms with E-state index in [1.165, 1.54) is 4.68 Å². The fourth-order valence-electron chi connectivity index (χ4n) is 1.58. The summed E-state index contributed by atoms with van der Waals surface area (Å²) < 4.78 is 2.61. The number of nitrogens with one attached hydrogen (secondary N) is 1. The van der Waals surface area contributed by atoms with Crippen LogP contribution in [0.3, 0.4) is 0 Å². The summed E-state index contributed by atoms with van der Waals surface area (Å²) in [5.74, 6) is 0.486. The van der Waals surface area contributed by atoms with Crippen LogP contribution in [0.5, 0.6) is 0 Å². The van der Waals surface area contributed by atoms with Crippen LogP contribution in [0.1, 0.15) is 0 Å². The van der Waals surface area contributed by atoms with Crippen molar-refractivity contribution in [1.82, 2.24) is 19.3 Å². The number of hydrogen-bond donors (Lipinski definition) is 3. The standard InChI is InChI=1S/C9H12N4O2S2/c1-12-3-6-7(11-12)10-9(15)13(8(6)14)2-5(17)4-16/h3,5,16-17H,2,4H2,1H3,(H,10,11,15). The summed E-state index contributed by atoms with van der Waals surface area (Å²) in [6.45, 7) is 0.228. The van der Waals surface area contributed by atoms with Gasteiger partial charge in [0.25, 0.3) is 5.56 Å². The maximum Gasteiger partial charge on any atom is 0.330 e. The van der Waals surface area contributed by atoms with Crippen molar-refractivity contribution in [2.75, 3.05) is 5.75 Å². The number of H-pyrrole nitrogens is 1. The first-order valence-electron chi connectivity index (χ1n) is 4.98. The highest BCUT2D eigenvalue weighted by Crippen LogP contribution is 2.02. The molecule has 2 aromatic heterocycles. The van der Waals surface area contributed by atoms with Gasteiger partial charge in [-0.25, -0.2) is 4.79 Å². The van der Waals surface area contributed by atoms with Crippen LogP contribution in [0.15, 0.2) is 15.8 Å². The van der Waals surface area contributed by atoms with Gasteiger partial charge in [0.2, 0.25) is 0 Å². The Hall–Kier alpha value is -1.15. The summed E-state index contributed by atoms with van der Waals surface area (Å²) in [5.41, 5.74) is -0.514. The highest BCUT2D eigenvalue weighted by Gasteiger charge is 2.12. The zero-order valence-corrected chi connectivity index (χ0v) is 10.9. The van der Waals surface area contributed by atoms with Gasteiger partial charge >= 0.3 is 5.69 Å². The van der Waals surface area contributed by atoms with E-state index in [0.717, 1.165) is 4.57 Å². The molecule has 0 aliphatic heterocycles. The normalized spacial score (nSPS) is 13.1. The molecule has 17 heavy (non-hydrogen) atoms. The number of thiol groups is 2. The third-order valence-electron chi connectivity index (χ3n) is 2.38. The number of aryl methyl sites for hydroxylation is 1. The Labute approximate surface area is 107 Å². The summed E-state index contributed by atoms with van der Waals surface area (Å²) in [6, 6.07) is 0. The number of rotatable bonds is 3. The molecule has 1 unspecified atom stereocenters. The Morgan fingerprint density at radius 2 is 2.24 bits per heavy atom. The van der Waals surface area contributed by atoms with Gasteiger partial charge in [-0.1, -0.05) is 0 Å². The molecule has 0 radical (unpaired) electrons. The zero-order valence-electron chi connectivity index (χ0n) is 9.12. The zero-order chi connectivity index (χ0) is 12.6. The molecule has 0 aromatic carbocycles. The lowest BCUT2D eigenvalue weighted by molar-refractivity contribution is 0.639. The van der Waals surface area contributed by atoms with E-state index >= 15 is 0 Å². The second-order valence-electron chi connectivity index (χ2n) is 3.75. The van der Waals surface area contributed by atoms with Crippen molar-refractivity contribution in [3.05, 3.63) is 27.0 Å². The molecule has 0 saturated heterocycles. The van der Waals surface area contributed by atoms with Crippen molar-refractivity contribution in [2.24, 2.45) is 7.05 Å². The molecule has 0 saturated carbocycles. The van der Waals surface area contributed by atoms with Crippen molar-refractivity contribution in [3.8, 4) is 0 Å². The van der Waals surface area contributed by atoms with Gasteiger partial charge < -0.3 is 0 Å². The second kappa shape index (κ2) is 4.61. The smallest absolute Gasteiger partial charge is 0.290 e. The van der Waals surface area contributed by atoms with Crippen molar-refractivity contribution in [1.29, 1.82) is 0 Å². The minimum atomic E-state index is -0.470. The summed E-state index contributed by atoms with van der Waals surface area (Å²) in [4.78, 5) is 26.3. The Morgan fingerprint density at radius 3 is 2.88 bits per heavy atom. The molecule has 2 heterocycles. The average Bonchev–Trinajstić information content (AvgIpc) is 2.64.